The highest BCUT2D eigenvalue weighted by atomic mass is 79.9. The maximum absolute atomic E-state index is 13.1. The molecule has 1 aliphatic carbocycles. The van der Waals surface area contributed by atoms with Crippen LogP contribution < -0.4 is 16.2 Å². The molecule has 1 saturated carbocycles. The summed E-state index contributed by atoms with van der Waals surface area (Å²) >= 11 is 3.49. The monoisotopic (exact) mass is 541 g/mol. The summed E-state index contributed by atoms with van der Waals surface area (Å²) in [6.07, 6.45) is 6.00. The number of piperidine rings is 1. The number of pyridine rings is 1. The van der Waals surface area contributed by atoms with Crippen molar-refractivity contribution in [3.05, 3.63) is 61.0 Å². The molecular formula is C26H32BrN5O3. The topological polar surface area (TPSA) is 118 Å². The van der Waals surface area contributed by atoms with E-state index in [1.54, 1.807) is 6.07 Å². The molecule has 2 aromatic rings. The highest BCUT2D eigenvalue weighted by molar-refractivity contribution is 9.10. The summed E-state index contributed by atoms with van der Waals surface area (Å²) in [7, 11) is 0. The van der Waals surface area contributed by atoms with Crippen LogP contribution in [0.2, 0.25) is 0 Å². The van der Waals surface area contributed by atoms with Crippen LogP contribution in [0.5, 0.6) is 0 Å². The summed E-state index contributed by atoms with van der Waals surface area (Å²) in [4.78, 5) is 42.7. The SMILES string of the molecule is Cc1cc(C)c(CNC(=O)c2cc(Br)cc(NC3CCN(C(=O)C4CCC4)CC3)c2C=N)c(=O)[nH]1. The van der Waals surface area contributed by atoms with Gasteiger partial charge in [0.1, 0.15) is 0 Å². The average Bonchev–Trinajstić information content (AvgIpc) is 2.77. The van der Waals surface area contributed by atoms with E-state index >= 15 is 0 Å². The summed E-state index contributed by atoms with van der Waals surface area (Å²) in [6.45, 7) is 5.20. The summed E-state index contributed by atoms with van der Waals surface area (Å²) in [6, 6.07) is 5.58. The number of amides is 2. The summed E-state index contributed by atoms with van der Waals surface area (Å²) in [5.41, 5.74) is 3.44. The standard InChI is InChI=1S/C26H32BrN5O3/c1-15-10-16(2)30-25(34)22(15)14-29-24(33)20-11-18(27)12-23(21(20)13-28)31-19-6-8-32(9-7-19)26(35)17-4-3-5-17/h10-13,17,19,28,31H,3-9,14H2,1-2H3,(H,29,33)(H,30,34). The Bertz CT molecular complexity index is 1200. The van der Waals surface area contributed by atoms with Crippen molar-refractivity contribution in [2.24, 2.45) is 5.92 Å². The lowest BCUT2D eigenvalue weighted by atomic mass is 9.84. The number of halogens is 1. The number of aryl methyl sites for hydroxylation is 2. The van der Waals surface area contributed by atoms with Crippen molar-refractivity contribution in [2.75, 3.05) is 18.4 Å². The molecule has 2 aliphatic rings. The second-order valence-corrected chi connectivity index (χ2v) is 10.5. The quantitative estimate of drug-likeness (QED) is 0.397. The third kappa shape index (κ3) is 5.66. The van der Waals surface area contributed by atoms with Crippen molar-refractivity contribution in [3.8, 4) is 0 Å². The molecule has 8 nitrogen and oxygen atoms in total. The Balaban J connectivity index is 1.44. The Kier molecular flexibility index (Phi) is 7.74. The van der Waals surface area contributed by atoms with Gasteiger partial charge < -0.3 is 25.9 Å². The van der Waals surface area contributed by atoms with Crippen LogP contribution in [0.3, 0.4) is 0 Å². The molecule has 0 spiro atoms. The highest BCUT2D eigenvalue weighted by Gasteiger charge is 2.31. The minimum Gasteiger partial charge on any atom is -0.382 e. The maximum atomic E-state index is 13.1. The number of rotatable bonds is 7. The van der Waals surface area contributed by atoms with E-state index in [4.69, 9.17) is 5.41 Å². The fourth-order valence-corrected chi connectivity index (χ4v) is 5.28. The Hall–Kier alpha value is -2.94. The number of nitrogens with zero attached hydrogens (tertiary/aromatic N) is 1. The van der Waals surface area contributed by atoms with E-state index in [0.717, 1.165) is 60.9 Å². The van der Waals surface area contributed by atoms with Gasteiger partial charge in [-0.25, -0.2) is 0 Å². The lowest BCUT2D eigenvalue weighted by molar-refractivity contribution is -0.139. The van der Waals surface area contributed by atoms with Gasteiger partial charge in [-0.3, -0.25) is 14.4 Å². The van der Waals surface area contributed by atoms with Gasteiger partial charge in [0.05, 0.1) is 5.56 Å². The number of aromatic amines is 1. The summed E-state index contributed by atoms with van der Waals surface area (Å²) < 4.78 is 0.720. The number of anilines is 1. The predicted molar refractivity (Wildman–Crippen MR) is 140 cm³/mol. The number of benzene rings is 1. The van der Waals surface area contributed by atoms with E-state index in [9.17, 15) is 14.4 Å². The molecule has 35 heavy (non-hydrogen) atoms. The molecule has 1 aromatic carbocycles. The van der Waals surface area contributed by atoms with Gasteiger partial charge in [-0.2, -0.15) is 0 Å². The molecule has 186 valence electrons. The number of nitrogens with one attached hydrogen (secondary N) is 4. The number of aromatic nitrogens is 1. The van der Waals surface area contributed by atoms with Crippen LogP contribution in [0.1, 0.15) is 64.8 Å². The first-order valence-electron chi connectivity index (χ1n) is 12.1. The first-order chi connectivity index (χ1) is 16.8. The Morgan fingerprint density at radius 1 is 1.17 bits per heavy atom. The number of carbonyl (C=O) groups is 2. The van der Waals surface area contributed by atoms with Gasteiger partial charge in [0.15, 0.2) is 0 Å². The molecule has 1 aromatic heterocycles. The highest BCUT2D eigenvalue weighted by Crippen LogP contribution is 2.30. The molecule has 9 heteroatoms. The second-order valence-electron chi connectivity index (χ2n) is 9.56. The minimum atomic E-state index is -0.354. The van der Waals surface area contributed by atoms with Crippen molar-refractivity contribution in [3.63, 3.8) is 0 Å². The largest absolute Gasteiger partial charge is 0.382 e. The molecule has 1 aliphatic heterocycles. The molecule has 1 saturated heterocycles. The van der Waals surface area contributed by atoms with E-state index < -0.39 is 0 Å². The van der Waals surface area contributed by atoms with Crippen molar-refractivity contribution in [1.29, 1.82) is 5.41 Å². The fourth-order valence-electron chi connectivity index (χ4n) is 4.82. The van der Waals surface area contributed by atoms with Crippen LogP contribution in [0, 0.1) is 25.2 Å². The normalized spacial score (nSPS) is 16.5. The van der Waals surface area contributed by atoms with Gasteiger partial charge in [-0.05, 0) is 63.3 Å². The van der Waals surface area contributed by atoms with Crippen molar-refractivity contribution in [1.82, 2.24) is 15.2 Å². The zero-order chi connectivity index (χ0) is 25.1. The zero-order valence-electron chi connectivity index (χ0n) is 20.2. The van der Waals surface area contributed by atoms with Crippen molar-refractivity contribution < 1.29 is 9.59 Å². The molecule has 4 rings (SSSR count). The van der Waals surface area contributed by atoms with Crippen LogP contribution in [0.25, 0.3) is 0 Å². The Labute approximate surface area is 213 Å². The number of likely N-dealkylation sites (tertiary alicyclic amines) is 1. The molecule has 0 atom stereocenters. The van der Waals surface area contributed by atoms with E-state index in [-0.39, 0.29) is 30.0 Å². The molecule has 2 heterocycles. The molecule has 2 amide bonds. The summed E-state index contributed by atoms with van der Waals surface area (Å²) in [5, 5.41) is 14.3. The number of hydrogen-bond donors (Lipinski definition) is 4. The van der Waals surface area contributed by atoms with Crippen LogP contribution in [0.15, 0.2) is 27.5 Å². The van der Waals surface area contributed by atoms with Gasteiger partial charge in [-0.1, -0.05) is 22.4 Å². The van der Waals surface area contributed by atoms with Crippen LogP contribution in [0.4, 0.5) is 5.69 Å². The first kappa shape index (κ1) is 25.2. The molecule has 0 bridgehead atoms. The average molecular weight is 542 g/mol. The van der Waals surface area contributed by atoms with Gasteiger partial charge in [0.2, 0.25) is 5.91 Å². The Morgan fingerprint density at radius 3 is 2.49 bits per heavy atom. The second kappa shape index (κ2) is 10.8. The molecule has 4 N–H and O–H groups in total. The fraction of sp³-hybridized carbons (Fsp3) is 0.462. The van der Waals surface area contributed by atoms with Gasteiger partial charge in [-0.15, -0.1) is 0 Å². The number of carbonyl (C=O) groups excluding carboxylic acids is 2. The van der Waals surface area contributed by atoms with Gasteiger partial charge >= 0.3 is 0 Å². The summed E-state index contributed by atoms with van der Waals surface area (Å²) in [5.74, 6) is 0.154. The molecular weight excluding hydrogens is 510 g/mol. The third-order valence-corrected chi connectivity index (χ3v) is 7.53. The number of hydrogen-bond acceptors (Lipinski definition) is 5. The van der Waals surface area contributed by atoms with Crippen LogP contribution in [-0.4, -0.2) is 47.0 Å². The number of H-pyrrole nitrogens is 1. The van der Waals surface area contributed by atoms with Crippen LogP contribution >= 0.6 is 15.9 Å². The van der Waals surface area contributed by atoms with Gasteiger partial charge in [0.25, 0.3) is 11.5 Å². The van der Waals surface area contributed by atoms with E-state index in [1.165, 1.54) is 6.21 Å². The molecule has 0 unspecified atom stereocenters. The minimum absolute atomic E-state index is 0.0977. The van der Waals surface area contributed by atoms with Crippen molar-refractivity contribution >= 4 is 39.6 Å². The van der Waals surface area contributed by atoms with Crippen LogP contribution in [-0.2, 0) is 11.3 Å². The lowest BCUT2D eigenvalue weighted by Gasteiger charge is -2.37. The van der Waals surface area contributed by atoms with E-state index in [0.29, 0.717) is 28.3 Å². The molecule has 0 radical (unpaired) electrons. The lowest BCUT2D eigenvalue weighted by Crippen LogP contribution is -2.46. The van der Waals surface area contributed by atoms with E-state index in [1.807, 2.05) is 30.9 Å². The van der Waals surface area contributed by atoms with E-state index in [2.05, 4.69) is 31.5 Å². The van der Waals surface area contributed by atoms with Gasteiger partial charge in [0, 0.05) is 64.8 Å². The zero-order valence-corrected chi connectivity index (χ0v) is 21.8. The van der Waals surface area contributed by atoms with Crippen molar-refractivity contribution in [2.45, 2.75) is 58.5 Å². The molecule has 2 fully saturated rings. The predicted octanol–water partition coefficient (Wildman–Crippen LogP) is 3.88. The third-order valence-electron chi connectivity index (χ3n) is 7.07. The maximum Gasteiger partial charge on any atom is 0.253 e. The Morgan fingerprint density at radius 2 is 1.89 bits per heavy atom. The smallest absolute Gasteiger partial charge is 0.253 e. The first-order valence-corrected chi connectivity index (χ1v) is 12.9.